The normalized spacial score (nSPS) is 19.2. The summed E-state index contributed by atoms with van der Waals surface area (Å²) in [6, 6.07) is 5.07. The Morgan fingerprint density at radius 3 is 2.82 bits per heavy atom. The molecular formula is C17H25N3OS. The van der Waals surface area contributed by atoms with Crippen molar-refractivity contribution in [2.45, 2.75) is 52.7 Å². The van der Waals surface area contributed by atoms with Crippen molar-refractivity contribution in [2.75, 3.05) is 13.2 Å². The number of hydrogen-bond donors (Lipinski definition) is 1. The zero-order chi connectivity index (χ0) is 15.7. The van der Waals surface area contributed by atoms with Gasteiger partial charge >= 0.3 is 0 Å². The maximum Gasteiger partial charge on any atom is 0.0644 e. The van der Waals surface area contributed by atoms with Crippen LogP contribution in [0.15, 0.2) is 12.1 Å². The number of nitrogens with zero attached hydrogens (tertiary/aromatic N) is 3. The van der Waals surface area contributed by atoms with Crippen molar-refractivity contribution in [3.05, 3.63) is 38.8 Å². The van der Waals surface area contributed by atoms with Crippen molar-refractivity contribution < 1.29 is 5.11 Å². The average Bonchev–Trinajstić information content (AvgIpc) is 3.16. The molecule has 1 fully saturated rings. The summed E-state index contributed by atoms with van der Waals surface area (Å²) in [5.74, 6) is 0. The van der Waals surface area contributed by atoms with E-state index in [0.717, 1.165) is 18.8 Å². The van der Waals surface area contributed by atoms with Crippen LogP contribution < -0.4 is 0 Å². The van der Waals surface area contributed by atoms with Crippen molar-refractivity contribution in [3.63, 3.8) is 0 Å². The molecular weight excluding hydrogens is 294 g/mol. The summed E-state index contributed by atoms with van der Waals surface area (Å²) in [6.45, 7) is 9.22. The summed E-state index contributed by atoms with van der Waals surface area (Å²) in [6.07, 6.45) is 2.52. The molecule has 0 radical (unpaired) electrons. The predicted octanol–water partition coefficient (Wildman–Crippen LogP) is 3.20. The molecule has 3 rings (SSSR count). The second-order valence-corrected chi connectivity index (χ2v) is 7.49. The van der Waals surface area contributed by atoms with Gasteiger partial charge in [0.15, 0.2) is 0 Å². The molecule has 0 aliphatic carbocycles. The first-order valence-corrected chi connectivity index (χ1v) is 8.86. The molecule has 120 valence electrons. The van der Waals surface area contributed by atoms with Crippen LogP contribution in [-0.2, 0) is 13.1 Å². The molecule has 1 atom stereocenters. The minimum Gasteiger partial charge on any atom is -0.394 e. The van der Waals surface area contributed by atoms with Gasteiger partial charge in [0.1, 0.15) is 0 Å². The van der Waals surface area contributed by atoms with E-state index < -0.39 is 0 Å². The van der Waals surface area contributed by atoms with E-state index in [4.69, 9.17) is 5.11 Å². The Kier molecular flexibility index (Phi) is 4.66. The zero-order valence-electron chi connectivity index (χ0n) is 13.7. The number of aliphatic hydroxyl groups is 1. The summed E-state index contributed by atoms with van der Waals surface area (Å²) in [4.78, 5) is 5.48. The topological polar surface area (TPSA) is 41.3 Å². The van der Waals surface area contributed by atoms with E-state index >= 15 is 0 Å². The number of likely N-dealkylation sites (tertiary alicyclic amines) is 1. The maximum atomic E-state index is 9.15. The third kappa shape index (κ3) is 2.98. The minimum absolute atomic E-state index is 0.141. The van der Waals surface area contributed by atoms with Crippen LogP contribution in [0, 0.1) is 20.8 Å². The minimum atomic E-state index is 0.141. The van der Waals surface area contributed by atoms with Crippen molar-refractivity contribution in [1.82, 2.24) is 14.7 Å². The summed E-state index contributed by atoms with van der Waals surface area (Å²) in [5.41, 5.74) is 3.62. The van der Waals surface area contributed by atoms with Gasteiger partial charge in [-0.1, -0.05) is 0 Å². The van der Waals surface area contributed by atoms with Crippen LogP contribution in [0.2, 0.25) is 0 Å². The molecule has 0 spiro atoms. The molecule has 2 aromatic heterocycles. The van der Waals surface area contributed by atoms with Crippen LogP contribution in [0.3, 0.4) is 0 Å². The van der Waals surface area contributed by atoms with E-state index in [0.29, 0.717) is 12.6 Å². The molecule has 5 heteroatoms. The first kappa shape index (κ1) is 15.7. The van der Waals surface area contributed by atoms with E-state index in [1.807, 2.05) is 16.0 Å². The molecule has 2 aromatic rings. The summed E-state index contributed by atoms with van der Waals surface area (Å²) < 4.78 is 1.94. The summed E-state index contributed by atoms with van der Waals surface area (Å²) in [5, 5.41) is 13.7. The van der Waals surface area contributed by atoms with E-state index in [9.17, 15) is 0 Å². The monoisotopic (exact) mass is 319 g/mol. The second kappa shape index (κ2) is 6.52. The van der Waals surface area contributed by atoms with Gasteiger partial charge in [0.2, 0.25) is 0 Å². The van der Waals surface area contributed by atoms with Gasteiger partial charge in [0.05, 0.1) is 18.8 Å². The molecule has 3 heterocycles. The number of hydrogen-bond acceptors (Lipinski definition) is 4. The fourth-order valence-electron chi connectivity index (χ4n) is 3.45. The van der Waals surface area contributed by atoms with Gasteiger partial charge < -0.3 is 5.11 Å². The van der Waals surface area contributed by atoms with E-state index in [2.05, 4.69) is 42.9 Å². The van der Waals surface area contributed by atoms with Gasteiger partial charge in [-0.05, 0) is 52.3 Å². The van der Waals surface area contributed by atoms with E-state index in [1.165, 1.54) is 33.9 Å². The number of thiophene rings is 1. The van der Waals surface area contributed by atoms with Gasteiger partial charge in [-0.25, -0.2) is 0 Å². The Bertz CT molecular complexity index is 646. The fourth-order valence-corrected chi connectivity index (χ4v) is 4.50. The third-order valence-corrected chi connectivity index (χ3v) is 5.76. The highest BCUT2D eigenvalue weighted by Gasteiger charge is 2.28. The van der Waals surface area contributed by atoms with Gasteiger partial charge in [-0.15, -0.1) is 11.3 Å². The van der Waals surface area contributed by atoms with Crippen LogP contribution in [0.4, 0.5) is 0 Å². The number of rotatable bonds is 5. The molecule has 0 saturated carbocycles. The molecule has 1 aliphatic heterocycles. The first-order valence-electron chi connectivity index (χ1n) is 8.04. The van der Waals surface area contributed by atoms with Crippen LogP contribution in [-0.4, -0.2) is 32.9 Å². The second-order valence-electron chi connectivity index (χ2n) is 6.17. The van der Waals surface area contributed by atoms with Gasteiger partial charge in [-0.2, -0.15) is 5.10 Å². The fraction of sp³-hybridized carbons (Fsp3) is 0.588. The molecule has 1 N–H and O–H groups in total. The molecule has 0 aromatic carbocycles. The van der Waals surface area contributed by atoms with Crippen LogP contribution >= 0.6 is 11.3 Å². The number of aryl methyl sites for hydroxylation is 2. The smallest absolute Gasteiger partial charge is 0.0644 e. The Hall–Kier alpha value is -1.17. The van der Waals surface area contributed by atoms with Crippen LogP contribution in [0.25, 0.3) is 0 Å². The largest absolute Gasteiger partial charge is 0.394 e. The van der Waals surface area contributed by atoms with Crippen molar-refractivity contribution in [1.29, 1.82) is 0 Å². The van der Waals surface area contributed by atoms with Crippen LogP contribution in [0.5, 0.6) is 0 Å². The number of aliphatic hydroxyl groups excluding tert-OH is 1. The SMILES string of the molecule is Cc1ccc(C2CCCN2Cc2c(C)nn(CCO)c2C)s1. The summed E-state index contributed by atoms with van der Waals surface area (Å²) >= 11 is 1.93. The Morgan fingerprint density at radius 2 is 2.14 bits per heavy atom. The quantitative estimate of drug-likeness (QED) is 0.920. The Labute approximate surface area is 136 Å². The van der Waals surface area contributed by atoms with Crippen molar-refractivity contribution in [3.8, 4) is 0 Å². The molecule has 1 saturated heterocycles. The molecule has 1 aliphatic rings. The Balaban J connectivity index is 1.80. The molecule has 22 heavy (non-hydrogen) atoms. The van der Waals surface area contributed by atoms with Gasteiger partial charge in [0.25, 0.3) is 0 Å². The molecule has 0 bridgehead atoms. The molecule has 1 unspecified atom stereocenters. The lowest BCUT2D eigenvalue weighted by Gasteiger charge is -2.23. The first-order chi connectivity index (χ1) is 10.6. The van der Waals surface area contributed by atoms with E-state index in [-0.39, 0.29) is 6.61 Å². The maximum absolute atomic E-state index is 9.15. The summed E-state index contributed by atoms with van der Waals surface area (Å²) in [7, 11) is 0. The molecule has 4 nitrogen and oxygen atoms in total. The van der Waals surface area contributed by atoms with Crippen molar-refractivity contribution in [2.24, 2.45) is 0 Å². The zero-order valence-corrected chi connectivity index (χ0v) is 14.5. The van der Waals surface area contributed by atoms with Crippen molar-refractivity contribution >= 4 is 11.3 Å². The van der Waals surface area contributed by atoms with Gasteiger partial charge in [0, 0.05) is 33.6 Å². The lowest BCUT2D eigenvalue weighted by molar-refractivity contribution is 0.250. The highest BCUT2D eigenvalue weighted by Crippen LogP contribution is 2.37. The van der Waals surface area contributed by atoms with Crippen LogP contribution in [0.1, 0.15) is 45.6 Å². The lowest BCUT2D eigenvalue weighted by atomic mass is 10.1. The highest BCUT2D eigenvalue weighted by molar-refractivity contribution is 7.12. The Morgan fingerprint density at radius 1 is 1.32 bits per heavy atom. The third-order valence-electron chi connectivity index (χ3n) is 4.66. The predicted molar refractivity (Wildman–Crippen MR) is 90.2 cm³/mol. The highest BCUT2D eigenvalue weighted by atomic mass is 32.1. The number of aromatic nitrogens is 2. The molecule has 0 amide bonds. The van der Waals surface area contributed by atoms with Gasteiger partial charge in [-0.3, -0.25) is 9.58 Å². The average molecular weight is 319 g/mol. The lowest BCUT2D eigenvalue weighted by Crippen LogP contribution is -2.23. The standard InChI is InChI=1S/C17H25N3OS/c1-12-6-7-17(22-12)16-5-4-8-19(16)11-15-13(2)18-20(9-10-21)14(15)3/h6-7,16,21H,4-5,8-11H2,1-3H3. The van der Waals surface area contributed by atoms with E-state index in [1.54, 1.807) is 0 Å².